The van der Waals surface area contributed by atoms with Crippen molar-refractivity contribution in [2.24, 2.45) is 0 Å². The molecule has 0 bridgehead atoms. The molecule has 0 saturated heterocycles. The molecule has 0 spiro atoms. The SMILES string of the molecule is Cc1cc(Cc2cc3c(cc2O)OCO3)cc(C)c1C. The van der Waals surface area contributed by atoms with Gasteiger partial charge >= 0.3 is 0 Å². The van der Waals surface area contributed by atoms with Gasteiger partial charge in [0.15, 0.2) is 11.5 Å². The zero-order valence-corrected chi connectivity index (χ0v) is 12.0. The fourth-order valence-corrected chi connectivity index (χ4v) is 2.56. The average molecular weight is 270 g/mol. The van der Waals surface area contributed by atoms with Crippen molar-refractivity contribution in [3.63, 3.8) is 0 Å². The highest BCUT2D eigenvalue weighted by molar-refractivity contribution is 5.52. The summed E-state index contributed by atoms with van der Waals surface area (Å²) >= 11 is 0. The molecule has 0 amide bonds. The molecule has 2 aromatic rings. The van der Waals surface area contributed by atoms with E-state index in [4.69, 9.17) is 9.47 Å². The van der Waals surface area contributed by atoms with Gasteiger partial charge in [0.05, 0.1) is 0 Å². The van der Waals surface area contributed by atoms with Crippen LogP contribution in [-0.2, 0) is 6.42 Å². The number of ether oxygens (including phenoxy) is 2. The Bertz CT molecular complexity index is 651. The first-order chi connectivity index (χ1) is 9.54. The maximum Gasteiger partial charge on any atom is 0.231 e. The first-order valence-electron chi connectivity index (χ1n) is 6.73. The molecule has 0 saturated carbocycles. The smallest absolute Gasteiger partial charge is 0.231 e. The van der Waals surface area contributed by atoms with Crippen LogP contribution in [0.5, 0.6) is 17.2 Å². The van der Waals surface area contributed by atoms with E-state index in [1.54, 1.807) is 6.07 Å². The van der Waals surface area contributed by atoms with Crippen LogP contribution < -0.4 is 9.47 Å². The quantitative estimate of drug-likeness (QED) is 0.905. The number of aryl methyl sites for hydroxylation is 2. The fourth-order valence-electron chi connectivity index (χ4n) is 2.56. The lowest BCUT2D eigenvalue weighted by atomic mass is 9.96. The lowest BCUT2D eigenvalue weighted by molar-refractivity contribution is 0.174. The summed E-state index contributed by atoms with van der Waals surface area (Å²) in [6.07, 6.45) is 0.685. The van der Waals surface area contributed by atoms with Gasteiger partial charge in [0, 0.05) is 18.1 Å². The van der Waals surface area contributed by atoms with Gasteiger partial charge in [-0.15, -0.1) is 0 Å². The van der Waals surface area contributed by atoms with Crippen molar-refractivity contribution in [3.05, 3.63) is 52.1 Å². The van der Waals surface area contributed by atoms with E-state index < -0.39 is 0 Å². The van der Waals surface area contributed by atoms with Crippen LogP contribution >= 0.6 is 0 Å². The number of rotatable bonds is 2. The van der Waals surface area contributed by atoms with Crippen LogP contribution in [0.3, 0.4) is 0 Å². The highest BCUT2D eigenvalue weighted by atomic mass is 16.7. The van der Waals surface area contributed by atoms with Gasteiger partial charge < -0.3 is 14.6 Å². The number of benzene rings is 2. The maximum atomic E-state index is 10.1. The second-order valence-electron chi connectivity index (χ2n) is 5.37. The predicted molar refractivity (Wildman–Crippen MR) is 77.7 cm³/mol. The summed E-state index contributed by atoms with van der Waals surface area (Å²) in [7, 11) is 0. The Hall–Kier alpha value is -2.16. The zero-order chi connectivity index (χ0) is 14.3. The average Bonchev–Trinajstić information content (AvgIpc) is 2.83. The molecule has 0 aliphatic carbocycles. The second-order valence-corrected chi connectivity index (χ2v) is 5.37. The van der Waals surface area contributed by atoms with Crippen molar-refractivity contribution in [2.45, 2.75) is 27.2 Å². The molecule has 0 fully saturated rings. The minimum atomic E-state index is 0.223. The molecule has 20 heavy (non-hydrogen) atoms. The number of hydrogen-bond acceptors (Lipinski definition) is 3. The molecular formula is C17H18O3. The van der Waals surface area contributed by atoms with Gasteiger partial charge in [-0.1, -0.05) is 12.1 Å². The van der Waals surface area contributed by atoms with E-state index in [0.717, 1.165) is 5.56 Å². The molecule has 1 aliphatic rings. The summed E-state index contributed by atoms with van der Waals surface area (Å²) in [5.41, 5.74) is 5.93. The summed E-state index contributed by atoms with van der Waals surface area (Å²) in [5.74, 6) is 1.58. The Morgan fingerprint density at radius 3 is 2.20 bits per heavy atom. The number of phenolic OH excluding ortho intramolecular Hbond substituents is 1. The van der Waals surface area contributed by atoms with Crippen molar-refractivity contribution in [1.29, 1.82) is 0 Å². The number of phenols is 1. The molecule has 0 aromatic heterocycles. The Morgan fingerprint density at radius 1 is 0.950 bits per heavy atom. The lowest BCUT2D eigenvalue weighted by Crippen LogP contribution is -1.94. The van der Waals surface area contributed by atoms with E-state index in [-0.39, 0.29) is 12.5 Å². The van der Waals surface area contributed by atoms with Crippen molar-refractivity contribution in [2.75, 3.05) is 6.79 Å². The monoisotopic (exact) mass is 270 g/mol. The molecule has 0 radical (unpaired) electrons. The summed E-state index contributed by atoms with van der Waals surface area (Å²) in [6, 6.07) is 7.84. The van der Waals surface area contributed by atoms with E-state index in [0.29, 0.717) is 17.9 Å². The first-order valence-corrected chi connectivity index (χ1v) is 6.73. The van der Waals surface area contributed by atoms with Gasteiger partial charge in [-0.05, 0) is 49.1 Å². The second kappa shape index (κ2) is 4.75. The van der Waals surface area contributed by atoms with Gasteiger partial charge in [-0.25, -0.2) is 0 Å². The third kappa shape index (κ3) is 2.20. The summed E-state index contributed by atoms with van der Waals surface area (Å²) in [6.45, 7) is 6.59. The van der Waals surface area contributed by atoms with Crippen molar-refractivity contribution >= 4 is 0 Å². The van der Waals surface area contributed by atoms with Crippen molar-refractivity contribution in [3.8, 4) is 17.2 Å². The van der Waals surface area contributed by atoms with Crippen LogP contribution in [0.15, 0.2) is 24.3 Å². The van der Waals surface area contributed by atoms with Crippen LogP contribution in [0.4, 0.5) is 0 Å². The van der Waals surface area contributed by atoms with Crippen LogP contribution in [0, 0.1) is 20.8 Å². The van der Waals surface area contributed by atoms with E-state index in [1.807, 2.05) is 6.07 Å². The number of fused-ring (bicyclic) bond motifs is 1. The number of aromatic hydroxyl groups is 1. The summed E-state index contributed by atoms with van der Waals surface area (Å²) in [5, 5.41) is 10.1. The van der Waals surface area contributed by atoms with Crippen LogP contribution in [0.2, 0.25) is 0 Å². The van der Waals surface area contributed by atoms with Crippen molar-refractivity contribution in [1.82, 2.24) is 0 Å². The summed E-state index contributed by atoms with van der Waals surface area (Å²) < 4.78 is 10.6. The van der Waals surface area contributed by atoms with Crippen molar-refractivity contribution < 1.29 is 14.6 Å². The Labute approximate surface area is 118 Å². The van der Waals surface area contributed by atoms with E-state index in [9.17, 15) is 5.11 Å². The molecule has 104 valence electrons. The fraction of sp³-hybridized carbons (Fsp3) is 0.294. The van der Waals surface area contributed by atoms with Gasteiger partial charge in [0.1, 0.15) is 5.75 Å². The molecule has 0 atom stereocenters. The third-order valence-corrected chi connectivity index (χ3v) is 3.96. The Balaban J connectivity index is 1.95. The van der Waals surface area contributed by atoms with Crippen LogP contribution in [-0.4, -0.2) is 11.9 Å². The van der Waals surface area contributed by atoms with E-state index >= 15 is 0 Å². The third-order valence-electron chi connectivity index (χ3n) is 3.96. The zero-order valence-electron chi connectivity index (χ0n) is 12.0. The first kappa shape index (κ1) is 12.9. The standard InChI is InChI=1S/C17H18O3/c1-10-4-13(5-11(2)12(10)3)6-14-7-16-17(8-15(14)18)20-9-19-16/h4-5,7-8,18H,6,9H2,1-3H3. The van der Waals surface area contributed by atoms with Gasteiger partial charge in [0.2, 0.25) is 6.79 Å². The molecule has 1 aliphatic heterocycles. The van der Waals surface area contributed by atoms with Gasteiger partial charge in [-0.2, -0.15) is 0 Å². The topological polar surface area (TPSA) is 38.7 Å². The highest BCUT2D eigenvalue weighted by Crippen LogP contribution is 2.38. The van der Waals surface area contributed by atoms with Gasteiger partial charge in [0.25, 0.3) is 0 Å². The molecule has 3 heteroatoms. The Morgan fingerprint density at radius 2 is 1.55 bits per heavy atom. The molecule has 3 rings (SSSR count). The normalized spacial score (nSPS) is 12.8. The molecular weight excluding hydrogens is 252 g/mol. The molecule has 1 N–H and O–H groups in total. The lowest BCUT2D eigenvalue weighted by Gasteiger charge is -2.11. The van der Waals surface area contributed by atoms with Crippen LogP contribution in [0.25, 0.3) is 0 Å². The molecule has 2 aromatic carbocycles. The van der Waals surface area contributed by atoms with E-state index in [2.05, 4.69) is 32.9 Å². The molecule has 1 heterocycles. The minimum Gasteiger partial charge on any atom is -0.508 e. The van der Waals surface area contributed by atoms with Gasteiger partial charge in [-0.3, -0.25) is 0 Å². The summed E-state index contributed by atoms with van der Waals surface area (Å²) in [4.78, 5) is 0. The number of hydrogen-bond donors (Lipinski definition) is 1. The predicted octanol–water partition coefficient (Wildman–Crippen LogP) is 3.64. The molecule has 0 unspecified atom stereocenters. The minimum absolute atomic E-state index is 0.223. The Kier molecular flexibility index (Phi) is 3.05. The molecule has 3 nitrogen and oxygen atoms in total. The maximum absolute atomic E-state index is 10.1. The highest BCUT2D eigenvalue weighted by Gasteiger charge is 2.17. The van der Waals surface area contributed by atoms with Crippen LogP contribution in [0.1, 0.15) is 27.8 Å². The largest absolute Gasteiger partial charge is 0.508 e. The van der Waals surface area contributed by atoms with E-state index in [1.165, 1.54) is 22.3 Å².